The Labute approximate surface area is 212 Å². The minimum absolute atomic E-state index is 0.0318. The topological polar surface area (TPSA) is 140 Å². The van der Waals surface area contributed by atoms with E-state index in [0.29, 0.717) is 29.7 Å². The Morgan fingerprint density at radius 2 is 1.72 bits per heavy atom. The molecule has 0 bridgehead atoms. The van der Waals surface area contributed by atoms with Crippen LogP contribution in [0.2, 0.25) is 0 Å². The number of carbonyl (C=O) groups excluding carboxylic acids is 1. The fourth-order valence-corrected chi connectivity index (χ4v) is 4.82. The van der Waals surface area contributed by atoms with Gasteiger partial charge < -0.3 is 15.4 Å². The highest BCUT2D eigenvalue weighted by molar-refractivity contribution is 7.89. The zero-order chi connectivity index (χ0) is 26.3. The summed E-state index contributed by atoms with van der Waals surface area (Å²) in [5.41, 5.74) is 9.06. The monoisotopic (exact) mass is 508 g/mol. The first-order chi connectivity index (χ1) is 17.1. The van der Waals surface area contributed by atoms with Gasteiger partial charge in [-0.25, -0.2) is 13.6 Å². The number of hydrogen-bond donors (Lipinski definition) is 3. The quantitative estimate of drug-likeness (QED) is 0.206. The first-order valence-electron chi connectivity index (χ1n) is 11.6. The largest absolute Gasteiger partial charge is 0.384 e. The SMILES string of the molecule is CCCC(OC)N(Cc1cccc(C(=N)N)c1)C(=O)Cc1ccc(-c2ccccc2S(N)(=O)=O)cc1. The Morgan fingerprint density at radius 3 is 2.33 bits per heavy atom. The molecule has 0 saturated heterocycles. The second kappa shape index (κ2) is 11.9. The highest BCUT2D eigenvalue weighted by Gasteiger charge is 2.24. The number of nitrogen functional groups attached to an aromatic ring is 1. The molecule has 5 N–H and O–H groups in total. The molecule has 0 spiro atoms. The number of nitrogens with one attached hydrogen (secondary N) is 1. The summed E-state index contributed by atoms with van der Waals surface area (Å²) in [4.78, 5) is 15.2. The van der Waals surface area contributed by atoms with Gasteiger partial charge in [-0.15, -0.1) is 0 Å². The molecule has 0 aliphatic carbocycles. The van der Waals surface area contributed by atoms with Gasteiger partial charge in [-0.05, 0) is 35.2 Å². The molecule has 0 heterocycles. The van der Waals surface area contributed by atoms with E-state index in [2.05, 4.69) is 0 Å². The fraction of sp³-hybridized carbons (Fsp3) is 0.259. The van der Waals surface area contributed by atoms with Gasteiger partial charge in [0.2, 0.25) is 15.9 Å². The van der Waals surface area contributed by atoms with Gasteiger partial charge in [-0.1, -0.05) is 74.0 Å². The summed E-state index contributed by atoms with van der Waals surface area (Å²) in [6, 6.07) is 21.0. The van der Waals surface area contributed by atoms with Crippen LogP contribution in [-0.2, 0) is 32.5 Å². The van der Waals surface area contributed by atoms with Crippen LogP contribution in [0.25, 0.3) is 11.1 Å². The van der Waals surface area contributed by atoms with Crippen LogP contribution in [0.15, 0.2) is 77.7 Å². The van der Waals surface area contributed by atoms with Gasteiger partial charge in [0, 0.05) is 24.8 Å². The molecular formula is C27H32N4O4S. The van der Waals surface area contributed by atoms with Crippen molar-refractivity contribution >= 4 is 21.8 Å². The van der Waals surface area contributed by atoms with Crippen LogP contribution < -0.4 is 10.9 Å². The minimum atomic E-state index is -3.87. The Morgan fingerprint density at radius 1 is 1.03 bits per heavy atom. The van der Waals surface area contributed by atoms with Gasteiger partial charge in [0.15, 0.2) is 0 Å². The maximum atomic E-state index is 13.4. The summed E-state index contributed by atoms with van der Waals surface area (Å²) in [5, 5.41) is 13.1. The molecule has 3 rings (SSSR count). The van der Waals surface area contributed by atoms with E-state index in [1.807, 2.05) is 31.2 Å². The van der Waals surface area contributed by atoms with Crippen LogP contribution in [0, 0.1) is 5.41 Å². The first kappa shape index (κ1) is 27.1. The Balaban J connectivity index is 1.84. The highest BCUT2D eigenvalue weighted by Crippen LogP contribution is 2.27. The molecule has 0 aromatic heterocycles. The number of benzene rings is 3. The Hall–Kier alpha value is -3.53. The average molecular weight is 509 g/mol. The van der Waals surface area contributed by atoms with Gasteiger partial charge >= 0.3 is 0 Å². The van der Waals surface area contributed by atoms with Crippen LogP contribution in [-0.4, -0.2) is 38.4 Å². The molecule has 1 amide bonds. The van der Waals surface area contributed by atoms with Gasteiger partial charge in [0.25, 0.3) is 0 Å². The number of nitrogens with two attached hydrogens (primary N) is 2. The van der Waals surface area contributed by atoms with Crippen molar-refractivity contribution in [3.05, 3.63) is 89.5 Å². The summed E-state index contributed by atoms with van der Waals surface area (Å²) in [7, 11) is -2.29. The molecule has 0 saturated carbocycles. The van der Waals surface area contributed by atoms with E-state index in [-0.39, 0.29) is 23.1 Å². The lowest BCUT2D eigenvalue weighted by Gasteiger charge is -2.31. The van der Waals surface area contributed by atoms with Gasteiger partial charge in [0.05, 0.1) is 11.3 Å². The molecule has 190 valence electrons. The minimum Gasteiger partial charge on any atom is -0.384 e. The van der Waals surface area contributed by atoms with E-state index in [9.17, 15) is 13.2 Å². The normalized spacial score (nSPS) is 12.2. The summed E-state index contributed by atoms with van der Waals surface area (Å²) < 4.78 is 29.6. The molecule has 0 aliphatic heterocycles. The Bertz CT molecular complexity index is 1320. The highest BCUT2D eigenvalue weighted by atomic mass is 32.2. The molecule has 9 heteroatoms. The number of amides is 1. The molecule has 1 atom stereocenters. The van der Waals surface area contributed by atoms with Crippen molar-refractivity contribution in [3.63, 3.8) is 0 Å². The third-order valence-corrected chi connectivity index (χ3v) is 6.85. The van der Waals surface area contributed by atoms with Crippen molar-refractivity contribution < 1.29 is 17.9 Å². The van der Waals surface area contributed by atoms with E-state index in [1.165, 1.54) is 6.07 Å². The number of ether oxygens (including phenoxy) is 1. The number of primary sulfonamides is 1. The van der Waals surface area contributed by atoms with Crippen LogP contribution in [0.5, 0.6) is 0 Å². The van der Waals surface area contributed by atoms with E-state index in [1.54, 1.807) is 54.5 Å². The van der Waals surface area contributed by atoms with Crippen LogP contribution in [0.4, 0.5) is 0 Å². The smallest absolute Gasteiger partial charge is 0.238 e. The molecule has 0 aliphatic rings. The zero-order valence-corrected chi connectivity index (χ0v) is 21.3. The van der Waals surface area contributed by atoms with Gasteiger partial charge in [-0.3, -0.25) is 10.2 Å². The molecule has 8 nitrogen and oxygen atoms in total. The predicted molar refractivity (Wildman–Crippen MR) is 141 cm³/mol. The third-order valence-electron chi connectivity index (χ3n) is 5.88. The number of rotatable bonds is 11. The van der Waals surface area contributed by atoms with E-state index in [0.717, 1.165) is 17.5 Å². The molecular weight excluding hydrogens is 476 g/mol. The number of methoxy groups -OCH3 is 1. The molecule has 3 aromatic carbocycles. The predicted octanol–water partition coefficient (Wildman–Crippen LogP) is 3.63. The summed E-state index contributed by atoms with van der Waals surface area (Å²) in [5.74, 6) is -0.142. The maximum absolute atomic E-state index is 13.4. The lowest BCUT2D eigenvalue weighted by Crippen LogP contribution is -2.41. The number of sulfonamides is 1. The van der Waals surface area contributed by atoms with E-state index in [4.69, 9.17) is 21.0 Å². The second-order valence-electron chi connectivity index (χ2n) is 8.53. The summed E-state index contributed by atoms with van der Waals surface area (Å²) in [6.07, 6.45) is 1.27. The van der Waals surface area contributed by atoms with Crippen LogP contribution in [0.1, 0.15) is 36.5 Å². The van der Waals surface area contributed by atoms with Gasteiger partial charge in [0.1, 0.15) is 12.1 Å². The standard InChI is InChI=1S/C27H32N4O4S/c1-3-7-26(35-2)31(18-20-8-6-9-22(16-20)27(28)29)25(32)17-19-12-14-21(15-13-19)23-10-4-5-11-24(23)36(30,33)34/h4-6,8-16,26H,3,7,17-18H2,1-2H3,(H3,28,29)(H2,30,33,34). The maximum Gasteiger partial charge on any atom is 0.238 e. The van der Waals surface area contributed by atoms with E-state index < -0.39 is 16.3 Å². The lowest BCUT2D eigenvalue weighted by atomic mass is 10.0. The molecule has 0 fully saturated rings. The van der Waals surface area contributed by atoms with Crippen molar-refractivity contribution in [2.75, 3.05) is 7.11 Å². The molecule has 3 aromatic rings. The van der Waals surface area contributed by atoms with Crippen LogP contribution >= 0.6 is 0 Å². The summed E-state index contributed by atoms with van der Waals surface area (Å²) in [6.45, 7) is 2.35. The van der Waals surface area contributed by atoms with Crippen molar-refractivity contribution in [2.45, 2.75) is 43.9 Å². The summed E-state index contributed by atoms with van der Waals surface area (Å²) >= 11 is 0. The van der Waals surface area contributed by atoms with Crippen molar-refractivity contribution in [3.8, 4) is 11.1 Å². The number of carbonyl (C=O) groups is 1. The van der Waals surface area contributed by atoms with Crippen molar-refractivity contribution in [1.29, 1.82) is 5.41 Å². The number of hydrogen-bond acceptors (Lipinski definition) is 5. The molecule has 36 heavy (non-hydrogen) atoms. The molecule has 0 radical (unpaired) electrons. The number of nitrogens with zero attached hydrogens (tertiary/aromatic N) is 1. The molecule has 1 unspecified atom stereocenters. The van der Waals surface area contributed by atoms with Crippen molar-refractivity contribution in [1.82, 2.24) is 4.90 Å². The third kappa shape index (κ3) is 6.78. The van der Waals surface area contributed by atoms with Crippen LogP contribution in [0.3, 0.4) is 0 Å². The first-order valence-corrected chi connectivity index (χ1v) is 13.2. The lowest BCUT2D eigenvalue weighted by molar-refractivity contribution is -0.145. The number of amidine groups is 1. The van der Waals surface area contributed by atoms with Crippen molar-refractivity contribution in [2.24, 2.45) is 10.9 Å². The van der Waals surface area contributed by atoms with E-state index >= 15 is 0 Å². The average Bonchev–Trinajstić information content (AvgIpc) is 2.86. The van der Waals surface area contributed by atoms with Gasteiger partial charge in [-0.2, -0.15) is 0 Å². The fourth-order valence-electron chi connectivity index (χ4n) is 4.06. The Kier molecular flexibility index (Phi) is 8.98. The zero-order valence-electron chi connectivity index (χ0n) is 20.5. The second-order valence-corrected chi connectivity index (χ2v) is 10.1.